The Morgan fingerprint density at radius 3 is 2.80 bits per heavy atom. The largest absolute Gasteiger partial charge is 0.449 e. The molecule has 2 aliphatic rings. The lowest BCUT2D eigenvalue weighted by atomic mass is 10.1. The molecule has 156 valence electrons. The van der Waals surface area contributed by atoms with E-state index < -0.39 is 18.0 Å². The van der Waals surface area contributed by atoms with Crippen molar-refractivity contribution in [2.45, 2.75) is 38.5 Å². The number of hydrogen-bond donors (Lipinski definition) is 2. The van der Waals surface area contributed by atoms with E-state index in [0.29, 0.717) is 5.69 Å². The number of halogens is 1. The van der Waals surface area contributed by atoms with Gasteiger partial charge in [-0.1, -0.05) is 12.1 Å². The zero-order valence-corrected chi connectivity index (χ0v) is 16.5. The van der Waals surface area contributed by atoms with Crippen molar-refractivity contribution in [3.05, 3.63) is 59.4 Å². The molecule has 4 rings (SSSR count). The van der Waals surface area contributed by atoms with Crippen LogP contribution in [0.4, 0.5) is 15.8 Å². The maximum atomic E-state index is 12.9. The third-order valence-electron chi connectivity index (χ3n) is 5.39. The maximum Gasteiger partial charge on any atom is 0.338 e. The second-order valence-corrected chi connectivity index (χ2v) is 7.46. The van der Waals surface area contributed by atoms with Crippen molar-refractivity contribution in [2.75, 3.05) is 16.8 Å². The van der Waals surface area contributed by atoms with Gasteiger partial charge in [-0.05, 0) is 55.7 Å². The number of nitrogens with one attached hydrogen (secondary N) is 2. The Kier molecular flexibility index (Phi) is 5.39. The van der Waals surface area contributed by atoms with Gasteiger partial charge in [0.25, 0.3) is 5.91 Å². The number of esters is 1. The van der Waals surface area contributed by atoms with Gasteiger partial charge in [-0.2, -0.15) is 0 Å². The van der Waals surface area contributed by atoms with Crippen LogP contribution in [0.25, 0.3) is 0 Å². The van der Waals surface area contributed by atoms with Crippen LogP contribution in [0.1, 0.15) is 35.7 Å². The molecule has 2 atom stereocenters. The van der Waals surface area contributed by atoms with Gasteiger partial charge in [0.05, 0.1) is 16.9 Å². The number of ether oxygens (including phenoxy) is 1. The molecule has 2 amide bonds. The average molecular weight is 411 g/mol. The third-order valence-corrected chi connectivity index (χ3v) is 5.39. The Balaban J connectivity index is 1.37. The highest BCUT2D eigenvalue weighted by Gasteiger charge is 2.36. The Morgan fingerprint density at radius 1 is 1.27 bits per heavy atom. The number of rotatable bonds is 5. The SMILES string of the molecule is C[C@@H](OC(=O)c1ccc2c(c1)NC(=O)[C@@H]1CCCN21)C(=O)NCc1ccc(F)cc1. The van der Waals surface area contributed by atoms with Crippen LogP contribution in [-0.2, 0) is 20.9 Å². The standard InChI is InChI=1S/C22H22FN3O4/c1-13(20(27)24-12-14-4-7-16(23)8-5-14)30-22(29)15-6-9-18-17(11-15)25-21(28)19-3-2-10-26(18)19/h4-9,11,13,19H,2-3,10,12H2,1H3,(H,24,27)(H,25,28)/t13-,19+/m1/s1. The number of hydrogen-bond acceptors (Lipinski definition) is 5. The van der Waals surface area contributed by atoms with Crippen molar-refractivity contribution >= 4 is 29.2 Å². The van der Waals surface area contributed by atoms with Gasteiger partial charge in [-0.25, -0.2) is 9.18 Å². The predicted molar refractivity (Wildman–Crippen MR) is 109 cm³/mol. The van der Waals surface area contributed by atoms with Crippen LogP contribution in [0.3, 0.4) is 0 Å². The minimum atomic E-state index is -1.01. The van der Waals surface area contributed by atoms with E-state index in [1.54, 1.807) is 30.3 Å². The van der Waals surface area contributed by atoms with Crippen molar-refractivity contribution < 1.29 is 23.5 Å². The van der Waals surface area contributed by atoms with Gasteiger partial charge < -0.3 is 20.3 Å². The van der Waals surface area contributed by atoms with Gasteiger partial charge in [0.1, 0.15) is 11.9 Å². The van der Waals surface area contributed by atoms with Gasteiger partial charge in [0.2, 0.25) is 5.91 Å². The number of amides is 2. The molecule has 0 aliphatic carbocycles. The third kappa shape index (κ3) is 3.98. The molecule has 7 nitrogen and oxygen atoms in total. The van der Waals surface area contributed by atoms with Crippen LogP contribution in [0.15, 0.2) is 42.5 Å². The molecule has 30 heavy (non-hydrogen) atoms. The second kappa shape index (κ2) is 8.14. The number of carbonyl (C=O) groups excluding carboxylic acids is 3. The van der Waals surface area contributed by atoms with Crippen molar-refractivity contribution in [3.63, 3.8) is 0 Å². The van der Waals surface area contributed by atoms with Crippen LogP contribution in [0.2, 0.25) is 0 Å². The molecule has 0 spiro atoms. The fourth-order valence-corrected chi connectivity index (χ4v) is 3.77. The molecule has 1 saturated heterocycles. The van der Waals surface area contributed by atoms with Gasteiger partial charge in [0.15, 0.2) is 6.10 Å². The van der Waals surface area contributed by atoms with E-state index in [0.717, 1.165) is 30.6 Å². The summed E-state index contributed by atoms with van der Waals surface area (Å²) in [6.07, 6.45) is 0.761. The van der Waals surface area contributed by atoms with Crippen molar-refractivity contribution in [3.8, 4) is 0 Å². The Hall–Kier alpha value is -3.42. The second-order valence-electron chi connectivity index (χ2n) is 7.46. The summed E-state index contributed by atoms with van der Waals surface area (Å²) in [5.74, 6) is -1.54. The predicted octanol–water partition coefficient (Wildman–Crippen LogP) is 2.61. The summed E-state index contributed by atoms with van der Waals surface area (Å²) >= 11 is 0. The highest BCUT2D eigenvalue weighted by molar-refractivity contribution is 6.05. The lowest BCUT2D eigenvalue weighted by molar-refractivity contribution is -0.129. The Bertz CT molecular complexity index is 992. The molecule has 0 saturated carbocycles. The maximum absolute atomic E-state index is 12.9. The molecule has 0 bridgehead atoms. The van der Waals surface area contributed by atoms with Gasteiger partial charge in [-0.15, -0.1) is 0 Å². The summed E-state index contributed by atoms with van der Waals surface area (Å²) in [5, 5.41) is 5.50. The molecule has 1 fully saturated rings. The number of carbonyl (C=O) groups is 3. The van der Waals surface area contributed by atoms with Gasteiger partial charge >= 0.3 is 5.97 Å². The number of anilines is 2. The number of fused-ring (bicyclic) bond motifs is 3. The molecule has 0 aromatic heterocycles. The van der Waals surface area contributed by atoms with E-state index >= 15 is 0 Å². The summed E-state index contributed by atoms with van der Waals surface area (Å²) in [5.41, 5.74) is 2.44. The van der Waals surface area contributed by atoms with Crippen LogP contribution < -0.4 is 15.5 Å². The highest BCUT2D eigenvalue weighted by Crippen LogP contribution is 2.37. The summed E-state index contributed by atoms with van der Waals surface area (Å²) in [6, 6.07) is 10.6. The van der Waals surface area contributed by atoms with Crippen LogP contribution in [0, 0.1) is 5.82 Å². The first-order valence-corrected chi connectivity index (χ1v) is 9.87. The summed E-state index contributed by atoms with van der Waals surface area (Å²) < 4.78 is 18.2. The molecule has 0 unspecified atom stereocenters. The van der Waals surface area contributed by atoms with Gasteiger partial charge in [0, 0.05) is 13.1 Å². The quantitative estimate of drug-likeness (QED) is 0.739. The molecule has 8 heteroatoms. The van der Waals surface area contributed by atoms with E-state index in [-0.39, 0.29) is 29.9 Å². The summed E-state index contributed by atoms with van der Waals surface area (Å²) in [6.45, 7) is 2.48. The van der Waals surface area contributed by atoms with Crippen LogP contribution in [0.5, 0.6) is 0 Å². The molecule has 2 aromatic rings. The molecule has 2 aromatic carbocycles. The number of benzene rings is 2. The Morgan fingerprint density at radius 2 is 2.03 bits per heavy atom. The van der Waals surface area contributed by atoms with E-state index in [9.17, 15) is 18.8 Å². The monoisotopic (exact) mass is 411 g/mol. The lowest BCUT2D eigenvalue weighted by Crippen LogP contribution is -2.44. The highest BCUT2D eigenvalue weighted by atomic mass is 19.1. The average Bonchev–Trinajstić information content (AvgIpc) is 3.23. The van der Waals surface area contributed by atoms with Crippen LogP contribution in [-0.4, -0.2) is 36.5 Å². The fraction of sp³-hybridized carbons (Fsp3) is 0.318. The lowest BCUT2D eigenvalue weighted by Gasteiger charge is -2.33. The first-order valence-electron chi connectivity index (χ1n) is 9.87. The molecular formula is C22H22FN3O4. The van der Waals surface area contributed by atoms with Crippen LogP contribution >= 0.6 is 0 Å². The molecule has 2 N–H and O–H groups in total. The summed E-state index contributed by atoms with van der Waals surface area (Å²) in [4.78, 5) is 39.0. The minimum Gasteiger partial charge on any atom is -0.449 e. The van der Waals surface area contributed by atoms with Gasteiger partial charge in [-0.3, -0.25) is 9.59 Å². The van der Waals surface area contributed by atoms with E-state index in [4.69, 9.17) is 4.74 Å². The molecule has 2 heterocycles. The van der Waals surface area contributed by atoms with Crippen molar-refractivity contribution in [2.24, 2.45) is 0 Å². The smallest absolute Gasteiger partial charge is 0.338 e. The first kappa shape index (κ1) is 19.9. The topological polar surface area (TPSA) is 87.7 Å². The van der Waals surface area contributed by atoms with E-state index in [1.807, 2.05) is 0 Å². The van der Waals surface area contributed by atoms with E-state index in [2.05, 4.69) is 15.5 Å². The summed E-state index contributed by atoms with van der Waals surface area (Å²) in [7, 11) is 0. The van der Waals surface area contributed by atoms with Crippen molar-refractivity contribution in [1.29, 1.82) is 0 Å². The normalized spacial score (nSPS) is 18.1. The Labute approximate surface area is 173 Å². The number of nitrogens with zero attached hydrogens (tertiary/aromatic N) is 1. The zero-order chi connectivity index (χ0) is 21.3. The van der Waals surface area contributed by atoms with Crippen molar-refractivity contribution in [1.82, 2.24) is 5.32 Å². The fourth-order valence-electron chi connectivity index (χ4n) is 3.77. The molecule has 2 aliphatic heterocycles. The molecular weight excluding hydrogens is 389 g/mol. The molecule has 0 radical (unpaired) electrons. The first-order chi connectivity index (χ1) is 14.4. The minimum absolute atomic E-state index is 0.0703. The zero-order valence-electron chi connectivity index (χ0n) is 16.5. The van der Waals surface area contributed by atoms with E-state index in [1.165, 1.54) is 19.1 Å².